The summed E-state index contributed by atoms with van der Waals surface area (Å²) in [6.45, 7) is 9.86. The lowest BCUT2D eigenvalue weighted by Gasteiger charge is -2.32. The standard InChI is InChI=1S/C17H31N5OS.HI/c1-4-15-12-19-16(24-15)13-20-17(18-5-2)21-14-6-8-22(9-7-14)10-11-23-3;/h12,14H,4-11,13H2,1-3H3,(H2,18,20,21);1H. The van der Waals surface area contributed by atoms with Crippen LogP contribution in [-0.2, 0) is 17.7 Å². The highest BCUT2D eigenvalue weighted by Gasteiger charge is 2.19. The first-order chi connectivity index (χ1) is 11.7. The van der Waals surface area contributed by atoms with Gasteiger partial charge in [-0.3, -0.25) is 0 Å². The van der Waals surface area contributed by atoms with E-state index in [2.05, 4.69) is 34.4 Å². The van der Waals surface area contributed by atoms with E-state index in [4.69, 9.17) is 9.73 Å². The molecule has 0 amide bonds. The average Bonchev–Trinajstić information content (AvgIpc) is 3.07. The Morgan fingerprint density at radius 1 is 1.40 bits per heavy atom. The van der Waals surface area contributed by atoms with Gasteiger partial charge in [0.1, 0.15) is 5.01 Å². The molecule has 2 heterocycles. The van der Waals surface area contributed by atoms with E-state index in [1.807, 2.05) is 6.20 Å². The van der Waals surface area contributed by atoms with Crippen molar-refractivity contribution in [3.05, 3.63) is 16.1 Å². The fourth-order valence-electron chi connectivity index (χ4n) is 2.77. The van der Waals surface area contributed by atoms with Gasteiger partial charge in [0.05, 0.1) is 13.2 Å². The second kappa shape index (κ2) is 12.8. The molecule has 25 heavy (non-hydrogen) atoms. The Bertz CT molecular complexity index is 503. The molecule has 0 unspecified atom stereocenters. The van der Waals surface area contributed by atoms with Crippen molar-refractivity contribution in [3.8, 4) is 0 Å². The number of aromatic nitrogens is 1. The zero-order valence-corrected chi connectivity index (χ0v) is 18.7. The largest absolute Gasteiger partial charge is 0.383 e. The van der Waals surface area contributed by atoms with Crippen LogP contribution < -0.4 is 10.6 Å². The molecule has 0 saturated carbocycles. The van der Waals surface area contributed by atoms with E-state index in [0.717, 1.165) is 63.0 Å². The number of piperidine rings is 1. The minimum absolute atomic E-state index is 0. The van der Waals surface area contributed by atoms with Crippen LogP contribution in [0.25, 0.3) is 0 Å². The molecule has 0 aromatic carbocycles. The Hall–Kier alpha value is -0.450. The SMILES string of the molecule is CCNC(=NCc1ncc(CC)s1)NC1CCN(CCOC)CC1.I. The molecule has 6 nitrogen and oxygen atoms in total. The van der Waals surface area contributed by atoms with Gasteiger partial charge in [-0.1, -0.05) is 6.92 Å². The summed E-state index contributed by atoms with van der Waals surface area (Å²) in [5, 5.41) is 8.01. The predicted octanol–water partition coefficient (Wildman–Crippen LogP) is 2.49. The van der Waals surface area contributed by atoms with E-state index in [-0.39, 0.29) is 24.0 Å². The van der Waals surface area contributed by atoms with Crippen molar-refractivity contribution in [3.63, 3.8) is 0 Å². The number of nitrogens with one attached hydrogen (secondary N) is 2. The molecule has 1 saturated heterocycles. The molecular formula is C17H32IN5OS. The average molecular weight is 481 g/mol. The number of rotatable bonds is 8. The molecule has 0 aliphatic carbocycles. The monoisotopic (exact) mass is 481 g/mol. The van der Waals surface area contributed by atoms with Crippen LogP contribution in [-0.4, -0.2) is 61.8 Å². The maximum absolute atomic E-state index is 5.16. The highest BCUT2D eigenvalue weighted by Crippen LogP contribution is 2.14. The number of nitrogens with zero attached hydrogens (tertiary/aromatic N) is 3. The number of aliphatic imine (C=N–C) groups is 1. The number of likely N-dealkylation sites (tertiary alicyclic amines) is 1. The highest BCUT2D eigenvalue weighted by atomic mass is 127. The fraction of sp³-hybridized carbons (Fsp3) is 0.765. The van der Waals surface area contributed by atoms with Crippen molar-refractivity contribution in [2.24, 2.45) is 4.99 Å². The zero-order chi connectivity index (χ0) is 17.2. The number of aryl methyl sites for hydroxylation is 1. The van der Waals surface area contributed by atoms with E-state index >= 15 is 0 Å². The van der Waals surface area contributed by atoms with Crippen LogP contribution in [0.5, 0.6) is 0 Å². The number of ether oxygens (including phenoxy) is 1. The van der Waals surface area contributed by atoms with Gasteiger partial charge >= 0.3 is 0 Å². The van der Waals surface area contributed by atoms with Crippen molar-refractivity contribution >= 4 is 41.3 Å². The minimum atomic E-state index is 0. The number of hydrogen-bond donors (Lipinski definition) is 2. The van der Waals surface area contributed by atoms with Crippen molar-refractivity contribution in [1.82, 2.24) is 20.5 Å². The van der Waals surface area contributed by atoms with Gasteiger partial charge in [0.15, 0.2) is 5.96 Å². The lowest BCUT2D eigenvalue weighted by molar-refractivity contribution is 0.128. The van der Waals surface area contributed by atoms with E-state index in [9.17, 15) is 0 Å². The van der Waals surface area contributed by atoms with E-state index in [1.54, 1.807) is 18.4 Å². The lowest BCUT2D eigenvalue weighted by atomic mass is 10.1. The Morgan fingerprint density at radius 3 is 2.76 bits per heavy atom. The van der Waals surface area contributed by atoms with Gasteiger partial charge in [0, 0.05) is 50.4 Å². The summed E-state index contributed by atoms with van der Waals surface area (Å²) in [6.07, 6.45) is 5.30. The van der Waals surface area contributed by atoms with Gasteiger partial charge in [-0.05, 0) is 26.2 Å². The second-order valence-electron chi connectivity index (χ2n) is 6.02. The Balaban J connectivity index is 0.00000312. The van der Waals surface area contributed by atoms with E-state index in [1.165, 1.54) is 4.88 Å². The summed E-state index contributed by atoms with van der Waals surface area (Å²) in [5.74, 6) is 0.904. The Kier molecular flexibility index (Phi) is 11.6. The topological polar surface area (TPSA) is 61.8 Å². The summed E-state index contributed by atoms with van der Waals surface area (Å²) in [6, 6.07) is 0.490. The summed E-state index contributed by atoms with van der Waals surface area (Å²) in [5.41, 5.74) is 0. The number of thiazole rings is 1. The van der Waals surface area contributed by atoms with Crippen LogP contribution in [0.2, 0.25) is 0 Å². The first kappa shape index (κ1) is 22.6. The van der Waals surface area contributed by atoms with Gasteiger partial charge in [-0.15, -0.1) is 35.3 Å². The molecule has 1 aliphatic heterocycles. The molecule has 0 radical (unpaired) electrons. The van der Waals surface area contributed by atoms with Crippen molar-refractivity contribution in [2.45, 2.75) is 45.7 Å². The first-order valence-corrected chi connectivity index (χ1v) is 9.76. The quantitative estimate of drug-likeness (QED) is 0.340. The van der Waals surface area contributed by atoms with E-state index < -0.39 is 0 Å². The molecule has 2 N–H and O–H groups in total. The summed E-state index contributed by atoms with van der Waals surface area (Å²) >= 11 is 1.75. The third-order valence-corrected chi connectivity index (χ3v) is 5.33. The molecule has 144 valence electrons. The van der Waals surface area contributed by atoms with Crippen LogP contribution >= 0.6 is 35.3 Å². The van der Waals surface area contributed by atoms with Crippen molar-refractivity contribution in [1.29, 1.82) is 0 Å². The minimum Gasteiger partial charge on any atom is -0.383 e. The van der Waals surface area contributed by atoms with Crippen LogP contribution in [0, 0.1) is 0 Å². The third kappa shape index (κ3) is 8.19. The molecule has 2 rings (SSSR count). The highest BCUT2D eigenvalue weighted by molar-refractivity contribution is 14.0. The maximum atomic E-state index is 5.16. The second-order valence-corrected chi connectivity index (χ2v) is 7.22. The van der Waals surface area contributed by atoms with Gasteiger partial charge < -0.3 is 20.3 Å². The molecule has 0 atom stereocenters. The predicted molar refractivity (Wildman–Crippen MR) is 116 cm³/mol. The van der Waals surface area contributed by atoms with Crippen molar-refractivity contribution < 1.29 is 4.74 Å². The Labute approximate surface area is 172 Å². The van der Waals surface area contributed by atoms with Gasteiger partial charge in [0.25, 0.3) is 0 Å². The summed E-state index contributed by atoms with van der Waals surface area (Å²) < 4.78 is 5.16. The normalized spacial score (nSPS) is 16.5. The van der Waals surface area contributed by atoms with Crippen LogP contribution in [0.15, 0.2) is 11.2 Å². The van der Waals surface area contributed by atoms with Crippen LogP contribution in [0.1, 0.15) is 36.6 Å². The lowest BCUT2D eigenvalue weighted by Crippen LogP contribution is -2.49. The fourth-order valence-corrected chi connectivity index (χ4v) is 3.55. The molecule has 1 fully saturated rings. The molecular weight excluding hydrogens is 449 g/mol. The third-order valence-electron chi connectivity index (χ3n) is 4.21. The Morgan fingerprint density at radius 2 is 2.16 bits per heavy atom. The van der Waals surface area contributed by atoms with Gasteiger partial charge in [-0.25, -0.2) is 9.98 Å². The summed E-state index contributed by atoms with van der Waals surface area (Å²) in [4.78, 5) is 12.9. The molecule has 1 aliphatic rings. The number of hydrogen-bond acceptors (Lipinski definition) is 5. The zero-order valence-electron chi connectivity index (χ0n) is 15.6. The van der Waals surface area contributed by atoms with Crippen LogP contribution in [0.3, 0.4) is 0 Å². The number of guanidine groups is 1. The first-order valence-electron chi connectivity index (χ1n) is 8.94. The molecule has 8 heteroatoms. The molecule has 0 bridgehead atoms. The summed E-state index contributed by atoms with van der Waals surface area (Å²) in [7, 11) is 1.76. The van der Waals surface area contributed by atoms with E-state index in [0.29, 0.717) is 12.6 Å². The van der Waals surface area contributed by atoms with Crippen molar-refractivity contribution in [2.75, 3.05) is 39.9 Å². The van der Waals surface area contributed by atoms with Gasteiger partial charge in [0.2, 0.25) is 0 Å². The smallest absolute Gasteiger partial charge is 0.191 e. The van der Waals surface area contributed by atoms with Gasteiger partial charge in [-0.2, -0.15) is 0 Å². The number of methoxy groups -OCH3 is 1. The molecule has 1 aromatic heterocycles. The maximum Gasteiger partial charge on any atom is 0.191 e. The van der Waals surface area contributed by atoms with Crippen LogP contribution in [0.4, 0.5) is 0 Å². The number of halogens is 1. The molecule has 1 aromatic rings. The molecule has 0 spiro atoms.